The van der Waals surface area contributed by atoms with E-state index in [9.17, 15) is 9.90 Å². The van der Waals surface area contributed by atoms with Crippen LogP contribution < -0.4 is 0 Å². The van der Waals surface area contributed by atoms with Crippen LogP contribution in [0.25, 0.3) is 0 Å². The fourth-order valence-corrected chi connectivity index (χ4v) is 2.01. The molecule has 3 heteroatoms. The summed E-state index contributed by atoms with van der Waals surface area (Å²) in [6.45, 7) is 5.68. The van der Waals surface area contributed by atoms with Crippen molar-refractivity contribution in [3.05, 3.63) is 35.9 Å². The normalized spacial score (nSPS) is 14.6. The lowest BCUT2D eigenvalue weighted by atomic mass is 9.89. The maximum absolute atomic E-state index is 11.6. The van der Waals surface area contributed by atoms with Crippen molar-refractivity contribution >= 4 is 5.97 Å². The van der Waals surface area contributed by atoms with Crippen molar-refractivity contribution in [2.24, 2.45) is 0 Å². The van der Waals surface area contributed by atoms with E-state index in [-0.39, 0.29) is 6.10 Å². The molecule has 0 fully saturated rings. The third kappa shape index (κ3) is 3.07. The molecule has 0 heterocycles. The second-order valence-corrected chi connectivity index (χ2v) is 4.41. The van der Waals surface area contributed by atoms with E-state index in [0.717, 1.165) is 6.42 Å². The van der Waals surface area contributed by atoms with Gasteiger partial charge in [-0.3, -0.25) is 0 Å². The largest absolute Gasteiger partial charge is 0.479 e. The predicted octanol–water partition coefficient (Wildman–Crippen LogP) is 3.19. The minimum absolute atomic E-state index is 0.127. The Labute approximate surface area is 102 Å². The first-order valence-electron chi connectivity index (χ1n) is 5.99. The Hall–Kier alpha value is -1.35. The Morgan fingerprint density at radius 1 is 1.35 bits per heavy atom. The monoisotopic (exact) mass is 236 g/mol. The number of ether oxygens (including phenoxy) is 1. The van der Waals surface area contributed by atoms with Crippen LogP contribution in [0.2, 0.25) is 0 Å². The lowest BCUT2D eigenvalue weighted by Crippen LogP contribution is -2.40. The summed E-state index contributed by atoms with van der Waals surface area (Å²) >= 11 is 0. The summed E-state index contributed by atoms with van der Waals surface area (Å²) in [5.41, 5.74) is -0.507. The maximum atomic E-state index is 11.6. The van der Waals surface area contributed by atoms with Crippen LogP contribution in [0.1, 0.15) is 39.2 Å². The Morgan fingerprint density at radius 3 is 2.35 bits per heavy atom. The Bertz CT molecular complexity index is 359. The van der Waals surface area contributed by atoms with Crippen molar-refractivity contribution < 1.29 is 14.6 Å². The first-order valence-corrected chi connectivity index (χ1v) is 5.99. The second-order valence-electron chi connectivity index (χ2n) is 4.41. The third-order valence-electron chi connectivity index (χ3n) is 2.62. The highest BCUT2D eigenvalue weighted by atomic mass is 16.5. The molecule has 1 aromatic carbocycles. The van der Waals surface area contributed by atoms with Crippen LogP contribution in [0, 0.1) is 0 Å². The van der Waals surface area contributed by atoms with Gasteiger partial charge in [0.2, 0.25) is 0 Å². The van der Waals surface area contributed by atoms with Crippen LogP contribution in [-0.4, -0.2) is 17.2 Å². The Kier molecular flexibility index (Phi) is 4.70. The molecule has 3 nitrogen and oxygen atoms in total. The highest BCUT2D eigenvalue weighted by Crippen LogP contribution is 2.32. The molecule has 0 spiro atoms. The summed E-state index contributed by atoms with van der Waals surface area (Å²) in [7, 11) is 0. The van der Waals surface area contributed by atoms with Gasteiger partial charge in [-0.1, -0.05) is 43.7 Å². The van der Waals surface area contributed by atoms with E-state index in [1.165, 1.54) is 0 Å². The summed E-state index contributed by atoms with van der Waals surface area (Å²) in [6.07, 6.45) is 1.11. The molecule has 1 unspecified atom stereocenters. The van der Waals surface area contributed by atoms with Gasteiger partial charge in [0, 0.05) is 0 Å². The van der Waals surface area contributed by atoms with Gasteiger partial charge in [-0.2, -0.15) is 0 Å². The molecule has 1 N–H and O–H groups in total. The number of carboxylic acids is 1. The summed E-state index contributed by atoms with van der Waals surface area (Å²) < 4.78 is 5.73. The van der Waals surface area contributed by atoms with Gasteiger partial charge in [-0.05, 0) is 25.8 Å². The minimum atomic E-state index is -1.22. The lowest BCUT2D eigenvalue weighted by Gasteiger charge is -2.31. The number of hydrogen-bond donors (Lipinski definition) is 1. The van der Waals surface area contributed by atoms with Gasteiger partial charge in [0.05, 0.1) is 6.10 Å². The predicted molar refractivity (Wildman–Crippen MR) is 66.9 cm³/mol. The fourth-order valence-electron chi connectivity index (χ4n) is 2.01. The molecule has 0 aliphatic heterocycles. The van der Waals surface area contributed by atoms with E-state index in [1.54, 1.807) is 0 Å². The SMILES string of the molecule is CCCC(OC(C)C)(C(=O)O)c1ccccc1. The van der Waals surface area contributed by atoms with Gasteiger partial charge in [0.25, 0.3) is 0 Å². The second kappa shape index (κ2) is 5.82. The van der Waals surface area contributed by atoms with E-state index in [0.29, 0.717) is 12.0 Å². The average molecular weight is 236 g/mol. The molecule has 0 aromatic heterocycles. The van der Waals surface area contributed by atoms with Gasteiger partial charge in [-0.15, -0.1) is 0 Å². The van der Waals surface area contributed by atoms with Crippen molar-refractivity contribution in [3.63, 3.8) is 0 Å². The molecule has 1 aromatic rings. The van der Waals surface area contributed by atoms with Crippen LogP contribution in [0.15, 0.2) is 30.3 Å². The van der Waals surface area contributed by atoms with E-state index in [2.05, 4.69) is 0 Å². The van der Waals surface area contributed by atoms with Gasteiger partial charge in [-0.25, -0.2) is 4.79 Å². The standard InChI is InChI=1S/C14H20O3/c1-4-10-14(13(15)16,17-11(2)3)12-8-6-5-7-9-12/h5-9,11H,4,10H2,1-3H3,(H,15,16). The van der Waals surface area contributed by atoms with Crippen LogP contribution in [0.3, 0.4) is 0 Å². The average Bonchev–Trinajstić information content (AvgIpc) is 2.28. The molecule has 0 aliphatic rings. The molecule has 0 aliphatic carbocycles. The highest BCUT2D eigenvalue weighted by molar-refractivity contribution is 5.79. The molecule has 0 bridgehead atoms. The molecule has 0 saturated heterocycles. The van der Waals surface area contributed by atoms with Gasteiger partial charge in [0.1, 0.15) is 0 Å². The number of carboxylic acid groups (broad SMARTS) is 1. The van der Waals surface area contributed by atoms with Crippen LogP contribution in [0.5, 0.6) is 0 Å². The summed E-state index contributed by atoms with van der Waals surface area (Å²) in [6, 6.07) is 9.18. The van der Waals surface area contributed by atoms with Gasteiger partial charge >= 0.3 is 5.97 Å². The smallest absolute Gasteiger partial charge is 0.340 e. The molecular weight excluding hydrogens is 216 g/mol. The van der Waals surface area contributed by atoms with Crippen molar-refractivity contribution in [2.75, 3.05) is 0 Å². The summed E-state index contributed by atoms with van der Waals surface area (Å²) in [5.74, 6) is -0.917. The van der Waals surface area contributed by atoms with Crippen LogP contribution in [-0.2, 0) is 15.1 Å². The fraction of sp³-hybridized carbons (Fsp3) is 0.500. The zero-order chi connectivity index (χ0) is 12.9. The van der Waals surface area contributed by atoms with Gasteiger partial charge in [0.15, 0.2) is 5.60 Å². The summed E-state index contributed by atoms with van der Waals surface area (Å²) in [5, 5.41) is 9.53. The van der Waals surface area contributed by atoms with E-state index < -0.39 is 11.6 Å². The zero-order valence-electron chi connectivity index (χ0n) is 10.6. The summed E-state index contributed by atoms with van der Waals surface area (Å²) in [4.78, 5) is 11.6. The molecule has 0 amide bonds. The van der Waals surface area contributed by atoms with Crippen LogP contribution in [0.4, 0.5) is 0 Å². The van der Waals surface area contributed by atoms with Crippen molar-refractivity contribution in [3.8, 4) is 0 Å². The molecule has 0 radical (unpaired) electrons. The molecule has 1 atom stereocenters. The number of hydrogen-bond acceptors (Lipinski definition) is 2. The van der Waals surface area contributed by atoms with Crippen molar-refractivity contribution in [2.45, 2.75) is 45.3 Å². The Balaban J connectivity index is 3.19. The third-order valence-corrected chi connectivity index (χ3v) is 2.62. The first-order chi connectivity index (χ1) is 8.03. The topological polar surface area (TPSA) is 46.5 Å². The quantitative estimate of drug-likeness (QED) is 0.825. The molecule has 0 saturated carbocycles. The van der Waals surface area contributed by atoms with Gasteiger partial charge < -0.3 is 9.84 Å². The molecular formula is C14H20O3. The zero-order valence-corrected chi connectivity index (χ0v) is 10.6. The first kappa shape index (κ1) is 13.7. The number of benzene rings is 1. The van der Waals surface area contributed by atoms with E-state index in [4.69, 9.17) is 4.74 Å². The Morgan fingerprint density at radius 2 is 1.94 bits per heavy atom. The number of aliphatic carboxylic acids is 1. The van der Waals surface area contributed by atoms with Crippen LogP contribution >= 0.6 is 0 Å². The minimum Gasteiger partial charge on any atom is -0.479 e. The molecule has 17 heavy (non-hydrogen) atoms. The maximum Gasteiger partial charge on any atom is 0.340 e. The molecule has 1 rings (SSSR count). The van der Waals surface area contributed by atoms with Crippen molar-refractivity contribution in [1.29, 1.82) is 0 Å². The van der Waals surface area contributed by atoms with E-state index in [1.807, 2.05) is 51.1 Å². The number of carbonyl (C=O) groups is 1. The number of rotatable bonds is 6. The van der Waals surface area contributed by atoms with E-state index >= 15 is 0 Å². The molecule has 94 valence electrons. The lowest BCUT2D eigenvalue weighted by molar-refractivity contribution is -0.175. The highest BCUT2D eigenvalue weighted by Gasteiger charge is 2.41. The van der Waals surface area contributed by atoms with Crippen molar-refractivity contribution in [1.82, 2.24) is 0 Å².